The van der Waals surface area contributed by atoms with Gasteiger partial charge in [0.25, 0.3) is 0 Å². The summed E-state index contributed by atoms with van der Waals surface area (Å²) in [5.74, 6) is -0.950. The third-order valence-electron chi connectivity index (χ3n) is 3.37. The van der Waals surface area contributed by atoms with E-state index in [1.807, 2.05) is 19.9 Å². The number of halogens is 1. The fourth-order valence-electron chi connectivity index (χ4n) is 2.19. The van der Waals surface area contributed by atoms with Crippen molar-refractivity contribution in [1.82, 2.24) is 0 Å². The fraction of sp³-hybridized carbons (Fsp3) is 0.529. The Balaban J connectivity index is 3.00. The lowest BCUT2D eigenvalue weighted by Gasteiger charge is -2.17. The second-order valence-corrected chi connectivity index (χ2v) is 6.25. The lowest BCUT2D eigenvalue weighted by atomic mass is 9.99. The van der Waals surface area contributed by atoms with E-state index in [1.54, 1.807) is 13.2 Å². The molecule has 0 N–H and O–H groups in total. The SMILES string of the molecule is COC(=O)C(CCc1cc(OC(C)C)c(OC)cc1Br)C(=O)OC. The van der Waals surface area contributed by atoms with Crippen molar-refractivity contribution in [3.63, 3.8) is 0 Å². The molecule has 1 aromatic carbocycles. The average molecular weight is 403 g/mol. The molecule has 1 aromatic rings. The van der Waals surface area contributed by atoms with Crippen LogP contribution in [0.5, 0.6) is 11.5 Å². The quantitative estimate of drug-likeness (QED) is 0.491. The average Bonchev–Trinajstić information content (AvgIpc) is 2.55. The third kappa shape index (κ3) is 5.40. The van der Waals surface area contributed by atoms with Crippen molar-refractivity contribution in [1.29, 1.82) is 0 Å². The number of hydrogen-bond donors (Lipinski definition) is 0. The van der Waals surface area contributed by atoms with Crippen LogP contribution in [0.25, 0.3) is 0 Å². The third-order valence-corrected chi connectivity index (χ3v) is 4.11. The molecule has 0 saturated carbocycles. The van der Waals surface area contributed by atoms with Gasteiger partial charge in [-0.3, -0.25) is 9.59 Å². The van der Waals surface area contributed by atoms with Gasteiger partial charge in [0.2, 0.25) is 0 Å². The van der Waals surface area contributed by atoms with E-state index in [1.165, 1.54) is 14.2 Å². The first kappa shape index (κ1) is 20.3. The summed E-state index contributed by atoms with van der Waals surface area (Å²) in [4.78, 5) is 23.5. The maximum Gasteiger partial charge on any atom is 0.320 e. The van der Waals surface area contributed by atoms with Gasteiger partial charge in [-0.2, -0.15) is 0 Å². The molecule has 134 valence electrons. The molecule has 1 rings (SSSR count). The van der Waals surface area contributed by atoms with Crippen LogP contribution in [0.15, 0.2) is 16.6 Å². The first-order valence-electron chi connectivity index (χ1n) is 7.52. The largest absolute Gasteiger partial charge is 0.493 e. The summed E-state index contributed by atoms with van der Waals surface area (Å²) >= 11 is 3.48. The molecule has 0 aliphatic heterocycles. The highest BCUT2D eigenvalue weighted by atomic mass is 79.9. The number of esters is 2. The van der Waals surface area contributed by atoms with Crippen molar-refractivity contribution >= 4 is 27.9 Å². The minimum atomic E-state index is -0.955. The second-order valence-electron chi connectivity index (χ2n) is 5.40. The van der Waals surface area contributed by atoms with E-state index in [0.29, 0.717) is 17.9 Å². The van der Waals surface area contributed by atoms with Crippen LogP contribution < -0.4 is 9.47 Å². The summed E-state index contributed by atoms with van der Waals surface area (Å²) in [6.45, 7) is 3.84. The Kier molecular flexibility index (Phi) is 8.04. The fourth-order valence-corrected chi connectivity index (χ4v) is 2.71. The molecule has 0 bridgehead atoms. The highest BCUT2D eigenvalue weighted by Gasteiger charge is 2.28. The molecule has 0 fully saturated rings. The topological polar surface area (TPSA) is 71.1 Å². The zero-order chi connectivity index (χ0) is 18.3. The van der Waals surface area contributed by atoms with E-state index in [0.717, 1.165) is 10.0 Å². The number of hydrogen-bond acceptors (Lipinski definition) is 6. The first-order valence-corrected chi connectivity index (χ1v) is 8.32. The molecule has 0 unspecified atom stereocenters. The van der Waals surface area contributed by atoms with E-state index < -0.39 is 17.9 Å². The standard InChI is InChI=1S/C17H23BrO6/c1-10(2)24-15-8-11(13(18)9-14(15)21-3)6-7-12(16(19)22-4)17(20)23-5/h8-10,12H,6-7H2,1-5H3. The Morgan fingerprint density at radius 2 is 1.62 bits per heavy atom. The van der Waals surface area contributed by atoms with Crippen LogP contribution in [-0.4, -0.2) is 39.4 Å². The highest BCUT2D eigenvalue weighted by Crippen LogP contribution is 2.35. The van der Waals surface area contributed by atoms with Gasteiger partial charge < -0.3 is 18.9 Å². The first-order chi connectivity index (χ1) is 11.3. The number of carbonyl (C=O) groups is 2. The van der Waals surface area contributed by atoms with Gasteiger partial charge in [-0.1, -0.05) is 15.9 Å². The van der Waals surface area contributed by atoms with E-state index in [-0.39, 0.29) is 12.5 Å². The smallest absolute Gasteiger partial charge is 0.320 e. The Morgan fingerprint density at radius 1 is 1.04 bits per heavy atom. The zero-order valence-corrected chi connectivity index (χ0v) is 16.1. The number of methoxy groups -OCH3 is 3. The van der Waals surface area contributed by atoms with E-state index in [4.69, 9.17) is 9.47 Å². The number of ether oxygens (including phenoxy) is 4. The Labute approximate surface area is 150 Å². The summed E-state index contributed by atoms with van der Waals surface area (Å²) in [6, 6.07) is 3.65. The van der Waals surface area contributed by atoms with Crippen molar-refractivity contribution in [2.75, 3.05) is 21.3 Å². The molecule has 7 heteroatoms. The maximum absolute atomic E-state index is 11.8. The second kappa shape index (κ2) is 9.52. The number of benzene rings is 1. The minimum absolute atomic E-state index is 0.00851. The number of rotatable bonds is 8. The minimum Gasteiger partial charge on any atom is -0.493 e. The van der Waals surface area contributed by atoms with Crippen molar-refractivity contribution in [3.8, 4) is 11.5 Å². The van der Waals surface area contributed by atoms with Gasteiger partial charge in [-0.15, -0.1) is 0 Å². The van der Waals surface area contributed by atoms with Crippen LogP contribution in [0, 0.1) is 5.92 Å². The molecular weight excluding hydrogens is 380 g/mol. The number of carbonyl (C=O) groups excluding carboxylic acids is 2. The van der Waals surface area contributed by atoms with Crippen LogP contribution in [0.3, 0.4) is 0 Å². The molecule has 0 spiro atoms. The van der Waals surface area contributed by atoms with Crippen LogP contribution in [0.4, 0.5) is 0 Å². The lowest BCUT2D eigenvalue weighted by Crippen LogP contribution is -2.27. The summed E-state index contributed by atoms with van der Waals surface area (Å²) < 4.78 is 21.2. The number of aryl methyl sites for hydroxylation is 1. The Bertz CT molecular complexity index is 569. The van der Waals surface area contributed by atoms with Crippen LogP contribution in [-0.2, 0) is 25.5 Å². The predicted molar refractivity (Wildman–Crippen MR) is 92.3 cm³/mol. The zero-order valence-electron chi connectivity index (χ0n) is 14.6. The molecule has 6 nitrogen and oxygen atoms in total. The summed E-state index contributed by atoms with van der Waals surface area (Å²) in [6.07, 6.45) is 0.727. The molecule has 0 saturated heterocycles. The van der Waals surface area contributed by atoms with E-state index >= 15 is 0 Å². The molecule has 24 heavy (non-hydrogen) atoms. The summed E-state index contributed by atoms with van der Waals surface area (Å²) in [5, 5.41) is 0. The predicted octanol–water partition coefficient (Wildman–Crippen LogP) is 3.14. The lowest BCUT2D eigenvalue weighted by molar-refractivity contribution is -0.159. The maximum atomic E-state index is 11.8. The van der Waals surface area contributed by atoms with Gasteiger partial charge in [0.15, 0.2) is 17.4 Å². The van der Waals surface area contributed by atoms with Crippen molar-refractivity contribution < 1.29 is 28.5 Å². The molecule has 0 aromatic heterocycles. The highest BCUT2D eigenvalue weighted by molar-refractivity contribution is 9.10. The van der Waals surface area contributed by atoms with E-state index in [2.05, 4.69) is 25.4 Å². The Morgan fingerprint density at radius 3 is 2.08 bits per heavy atom. The van der Waals surface area contributed by atoms with Gasteiger partial charge in [0, 0.05) is 4.47 Å². The van der Waals surface area contributed by atoms with Crippen molar-refractivity contribution in [2.45, 2.75) is 32.8 Å². The van der Waals surface area contributed by atoms with E-state index in [9.17, 15) is 9.59 Å². The van der Waals surface area contributed by atoms with Crippen LogP contribution in [0.2, 0.25) is 0 Å². The molecular formula is C17H23BrO6. The normalized spacial score (nSPS) is 10.7. The van der Waals surface area contributed by atoms with Gasteiger partial charge in [-0.05, 0) is 44.4 Å². The molecule has 0 aliphatic rings. The van der Waals surface area contributed by atoms with Crippen molar-refractivity contribution in [2.24, 2.45) is 5.92 Å². The molecule has 0 atom stereocenters. The molecule has 0 aliphatic carbocycles. The van der Waals surface area contributed by atoms with Gasteiger partial charge in [-0.25, -0.2) is 0 Å². The van der Waals surface area contributed by atoms with Gasteiger partial charge >= 0.3 is 11.9 Å². The Hall–Kier alpha value is -1.76. The van der Waals surface area contributed by atoms with Crippen LogP contribution in [0.1, 0.15) is 25.8 Å². The summed E-state index contributed by atoms with van der Waals surface area (Å²) in [7, 11) is 4.06. The van der Waals surface area contributed by atoms with Gasteiger partial charge in [0.1, 0.15) is 0 Å². The van der Waals surface area contributed by atoms with Gasteiger partial charge in [0.05, 0.1) is 27.4 Å². The molecule has 0 radical (unpaired) electrons. The summed E-state index contributed by atoms with van der Waals surface area (Å²) in [5.41, 5.74) is 0.893. The molecule has 0 heterocycles. The monoisotopic (exact) mass is 402 g/mol. The van der Waals surface area contributed by atoms with Crippen molar-refractivity contribution in [3.05, 3.63) is 22.2 Å². The van der Waals surface area contributed by atoms with Crippen LogP contribution >= 0.6 is 15.9 Å². The molecule has 0 amide bonds.